The molecule has 0 saturated carbocycles. The van der Waals surface area contributed by atoms with E-state index >= 15 is 0 Å². The Labute approximate surface area is 154 Å². The molecule has 2 aromatic carbocycles. The summed E-state index contributed by atoms with van der Waals surface area (Å²) in [6.07, 6.45) is 0.00106. The number of carboxylic acids is 1. The summed E-state index contributed by atoms with van der Waals surface area (Å²) >= 11 is 11.3. The number of hydrogen-bond donors (Lipinski definition) is 1. The summed E-state index contributed by atoms with van der Waals surface area (Å²) in [7, 11) is 0. The summed E-state index contributed by atoms with van der Waals surface area (Å²) in [6, 6.07) is 13.3. The second-order valence-electron chi connectivity index (χ2n) is 5.28. The Morgan fingerprint density at radius 3 is 2.04 bits per heavy atom. The van der Waals surface area contributed by atoms with Crippen LogP contribution in [0, 0.1) is 5.92 Å². The molecule has 0 bridgehead atoms. The van der Waals surface area contributed by atoms with Crippen molar-refractivity contribution in [2.75, 3.05) is 0 Å². The minimum absolute atomic E-state index is 0.0807. The van der Waals surface area contributed by atoms with Crippen LogP contribution in [0.3, 0.4) is 0 Å². The van der Waals surface area contributed by atoms with Gasteiger partial charge in [-0.15, -0.1) is 0 Å². The number of carbonyl (C=O) groups is 3. The molecule has 0 aliphatic carbocycles. The number of esters is 1. The summed E-state index contributed by atoms with van der Waals surface area (Å²) in [5.41, 5.74) is 1.31. The summed E-state index contributed by atoms with van der Waals surface area (Å²) in [4.78, 5) is 32.1. The van der Waals surface area contributed by atoms with Gasteiger partial charge in [0.1, 0.15) is 18.3 Å². The number of halogens is 2. The van der Waals surface area contributed by atoms with E-state index in [0.29, 0.717) is 21.2 Å². The molecule has 2 atom stereocenters. The largest absolute Gasteiger partial charge is 0.481 e. The van der Waals surface area contributed by atoms with Crippen LogP contribution in [-0.4, -0.2) is 23.3 Å². The summed E-state index contributed by atoms with van der Waals surface area (Å²) in [5, 5.41) is 10.2. The highest BCUT2D eigenvalue weighted by Gasteiger charge is 2.40. The minimum atomic E-state index is -1.02. The van der Waals surface area contributed by atoms with Crippen molar-refractivity contribution in [3.8, 4) is 0 Å². The highest BCUT2D eigenvalue weighted by molar-refractivity contribution is 6.30. The third kappa shape index (κ3) is 5.31. The molecule has 0 amide bonds. The fourth-order valence-corrected chi connectivity index (χ4v) is 2.52. The van der Waals surface area contributed by atoms with E-state index in [2.05, 4.69) is 0 Å². The van der Waals surface area contributed by atoms with Crippen LogP contribution >= 0.6 is 23.2 Å². The predicted octanol–water partition coefficient (Wildman–Crippen LogP) is 4.18. The zero-order chi connectivity index (χ0) is 18.4. The number of aldehydes is 1. The predicted molar refractivity (Wildman–Crippen MR) is 92.9 cm³/mol. The van der Waals surface area contributed by atoms with E-state index in [1.807, 2.05) is 0 Å². The van der Waals surface area contributed by atoms with E-state index < -0.39 is 24.0 Å². The smallest absolute Gasteiger partial charge is 0.311 e. The normalized spacial score (nSPS) is 18.7. The van der Waals surface area contributed by atoms with Crippen molar-refractivity contribution in [2.45, 2.75) is 12.5 Å². The molecule has 1 aliphatic heterocycles. The van der Waals surface area contributed by atoms with Gasteiger partial charge >= 0.3 is 11.9 Å². The first kappa shape index (κ1) is 19.0. The van der Waals surface area contributed by atoms with E-state index in [0.717, 1.165) is 6.29 Å². The molecule has 2 aromatic rings. The van der Waals surface area contributed by atoms with E-state index in [1.165, 1.54) is 0 Å². The van der Waals surface area contributed by atoms with Crippen LogP contribution in [0.5, 0.6) is 0 Å². The third-order valence-electron chi connectivity index (χ3n) is 3.53. The molecule has 1 heterocycles. The Bertz CT molecular complexity index is 756. The van der Waals surface area contributed by atoms with Crippen LogP contribution < -0.4 is 0 Å². The van der Waals surface area contributed by atoms with Gasteiger partial charge < -0.3 is 9.84 Å². The van der Waals surface area contributed by atoms with Crippen molar-refractivity contribution >= 4 is 41.4 Å². The van der Waals surface area contributed by atoms with Crippen LogP contribution in [-0.2, 0) is 14.3 Å². The van der Waals surface area contributed by atoms with Crippen LogP contribution in [0.1, 0.15) is 28.4 Å². The summed E-state index contributed by atoms with van der Waals surface area (Å²) in [5.74, 6) is -2.31. The van der Waals surface area contributed by atoms with Gasteiger partial charge in [0.05, 0.1) is 6.42 Å². The van der Waals surface area contributed by atoms with Gasteiger partial charge in [0.2, 0.25) is 0 Å². The minimum Gasteiger partial charge on any atom is -0.481 e. The van der Waals surface area contributed by atoms with Crippen molar-refractivity contribution in [1.82, 2.24) is 0 Å². The number of hydrogen-bond acceptors (Lipinski definition) is 4. The lowest BCUT2D eigenvalue weighted by molar-refractivity contribution is -0.144. The van der Waals surface area contributed by atoms with E-state index in [-0.39, 0.29) is 6.42 Å². The number of benzene rings is 2. The molecule has 1 aliphatic rings. The standard InChI is InChI=1S/C11H9ClO4.C7H5ClO/c12-7-3-1-6(2-4-7)10-8(11(14)15)5-9(13)16-10;8-7-3-1-6(5-9)2-4-7/h1-4,8,10H,5H2,(H,14,15);1-5H. The van der Waals surface area contributed by atoms with Crippen molar-refractivity contribution in [2.24, 2.45) is 5.92 Å². The average Bonchev–Trinajstić information content (AvgIpc) is 2.99. The lowest BCUT2D eigenvalue weighted by Gasteiger charge is -2.14. The number of aliphatic carboxylic acids is 1. The fraction of sp³-hybridized carbons (Fsp3) is 0.167. The zero-order valence-corrected chi connectivity index (χ0v) is 14.4. The Kier molecular flexibility index (Phi) is 6.56. The lowest BCUT2D eigenvalue weighted by Crippen LogP contribution is -2.17. The van der Waals surface area contributed by atoms with Crippen LogP contribution in [0.2, 0.25) is 10.0 Å². The second kappa shape index (κ2) is 8.65. The van der Waals surface area contributed by atoms with Gasteiger partial charge in [-0.25, -0.2) is 0 Å². The molecular weight excluding hydrogens is 367 g/mol. The second-order valence-corrected chi connectivity index (χ2v) is 6.15. The first-order valence-corrected chi connectivity index (χ1v) is 8.05. The number of rotatable bonds is 3. The molecule has 1 fully saturated rings. The maximum atomic E-state index is 11.1. The molecule has 1 saturated heterocycles. The van der Waals surface area contributed by atoms with Crippen LogP contribution in [0.25, 0.3) is 0 Å². The highest BCUT2D eigenvalue weighted by atomic mass is 35.5. The maximum absolute atomic E-state index is 11.1. The van der Waals surface area contributed by atoms with Gasteiger partial charge in [-0.05, 0) is 29.8 Å². The molecule has 7 heteroatoms. The molecule has 3 rings (SSSR count). The molecule has 5 nitrogen and oxygen atoms in total. The van der Waals surface area contributed by atoms with Crippen LogP contribution in [0.15, 0.2) is 48.5 Å². The number of carboxylic acid groups (broad SMARTS) is 1. The van der Waals surface area contributed by atoms with Crippen molar-refractivity contribution in [3.05, 3.63) is 69.7 Å². The van der Waals surface area contributed by atoms with Gasteiger partial charge in [-0.2, -0.15) is 0 Å². The SMILES string of the molecule is O=C1CC(C(=O)O)C(c2ccc(Cl)cc2)O1.O=Cc1ccc(Cl)cc1. The number of carbonyl (C=O) groups excluding carboxylic acids is 2. The molecule has 1 N–H and O–H groups in total. The van der Waals surface area contributed by atoms with Gasteiger partial charge in [0.15, 0.2) is 0 Å². The molecule has 0 spiro atoms. The van der Waals surface area contributed by atoms with Gasteiger partial charge in [0, 0.05) is 15.6 Å². The Morgan fingerprint density at radius 2 is 1.56 bits per heavy atom. The summed E-state index contributed by atoms with van der Waals surface area (Å²) in [6.45, 7) is 0. The van der Waals surface area contributed by atoms with Crippen molar-refractivity contribution in [3.63, 3.8) is 0 Å². The van der Waals surface area contributed by atoms with Gasteiger partial charge in [-0.3, -0.25) is 14.4 Å². The van der Waals surface area contributed by atoms with E-state index in [4.69, 9.17) is 33.0 Å². The topological polar surface area (TPSA) is 80.7 Å². The van der Waals surface area contributed by atoms with Crippen LogP contribution in [0.4, 0.5) is 0 Å². The average molecular weight is 381 g/mol. The first-order chi connectivity index (χ1) is 11.9. The highest BCUT2D eigenvalue weighted by Crippen LogP contribution is 2.35. The fourth-order valence-electron chi connectivity index (χ4n) is 2.27. The van der Waals surface area contributed by atoms with Gasteiger partial charge in [-0.1, -0.05) is 47.5 Å². The maximum Gasteiger partial charge on any atom is 0.311 e. The molecule has 25 heavy (non-hydrogen) atoms. The van der Waals surface area contributed by atoms with Crippen molar-refractivity contribution in [1.29, 1.82) is 0 Å². The third-order valence-corrected chi connectivity index (χ3v) is 4.04. The molecule has 130 valence electrons. The molecule has 0 radical (unpaired) electrons. The van der Waals surface area contributed by atoms with E-state index in [9.17, 15) is 14.4 Å². The quantitative estimate of drug-likeness (QED) is 0.637. The number of ether oxygens (including phenoxy) is 1. The summed E-state index contributed by atoms with van der Waals surface area (Å²) < 4.78 is 5.00. The number of cyclic esters (lactones) is 1. The zero-order valence-electron chi connectivity index (χ0n) is 12.9. The monoisotopic (exact) mass is 380 g/mol. The Hall–Kier alpha value is -2.37. The van der Waals surface area contributed by atoms with Crippen molar-refractivity contribution < 1.29 is 24.2 Å². The van der Waals surface area contributed by atoms with Gasteiger partial charge in [0.25, 0.3) is 0 Å². The lowest BCUT2D eigenvalue weighted by atomic mass is 9.95. The van der Waals surface area contributed by atoms with E-state index in [1.54, 1.807) is 48.5 Å². The molecule has 2 unspecified atom stereocenters. The Morgan fingerprint density at radius 1 is 1.04 bits per heavy atom. The first-order valence-electron chi connectivity index (χ1n) is 7.29. The molecule has 0 aromatic heterocycles. The molecular formula is C18H14Cl2O5. The Balaban J connectivity index is 0.000000212.